The van der Waals surface area contributed by atoms with Crippen molar-refractivity contribution in [3.63, 3.8) is 0 Å². The molecule has 2 aromatic rings. The summed E-state index contributed by atoms with van der Waals surface area (Å²) in [4.78, 5) is 15.0. The van der Waals surface area contributed by atoms with Crippen molar-refractivity contribution in [1.82, 2.24) is 10.6 Å². The molecular formula is C20H25ClN4O3. The van der Waals surface area contributed by atoms with Crippen molar-refractivity contribution in [3.05, 3.63) is 59.1 Å². The monoisotopic (exact) mass is 404 g/mol. The number of ether oxygens (including phenoxy) is 2. The van der Waals surface area contributed by atoms with Gasteiger partial charge in [0.2, 0.25) is 0 Å². The number of nitrogens with one attached hydrogen (secondary N) is 2. The lowest BCUT2D eigenvalue weighted by molar-refractivity contribution is -0.119. The summed E-state index contributed by atoms with van der Waals surface area (Å²) in [7, 11) is 1.70. The Labute approximate surface area is 169 Å². The molecule has 0 aliphatic rings. The largest absolute Gasteiger partial charge is 0.489 e. The zero-order valence-corrected chi connectivity index (χ0v) is 16.7. The maximum Gasteiger partial charge on any atom is 0.255 e. The lowest BCUT2D eigenvalue weighted by Gasteiger charge is -2.18. The Balaban J connectivity index is 1.78. The van der Waals surface area contributed by atoms with Crippen LogP contribution in [0.4, 0.5) is 0 Å². The number of hydrogen-bond acceptors (Lipinski definition) is 4. The van der Waals surface area contributed by atoms with Crippen LogP contribution in [0.25, 0.3) is 0 Å². The molecule has 1 amide bonds. The predicted octanol–water partition coefficient (Wildman–Crippen LogP) is 2.34. The molecule has 1 atom stereocenters. The van der Waals surface area contributed by atoms with Crippen LogP contribution in [-0.4, -0.2) is 38.2 Å². The first kappa shape index (κ1) is 21.4. The highest BCUT2D eigenvalue weighted by Crippen LogP contribution is 2.16. The standard InChI is InChI=1S/C20H25ClN4O3/c1-14(28-17-8-6-16(21)7-9-17)11-24-20(23-2)25-12-15-4-3-5-18(10-15)27-13-19(22)26/h3-10,14H,11-13H2,1-2H3,(H2,22,26)(H2,23,24,25). The molecule has 0 aromatic heterocycles. The number of hydrogen-bond donors (Lipinski definition) is 3. The van der Waals surface area contributed by atoms with Gasteiger partial charge < -0.3 is 25.8 Å². The van der Waals surface area contributed by atoms with Gasteiger partial charge in [-0.1, -0.05) is 23.7 Å². The van der Waals surface area contributed by atoms with Gasteiger partial charge in [-0.2, -0.15) is 0 Å². The minimum Gasteiger partial charge on any atom is -0.489 e. The fourth-order valence-electron chi connectivity index (χ4n) is 2.33. The van der Waals surface area contributed by atoms with Crippen LogP contribution in [0.5, 0.6) is 11.5 Å². The third-order valence-electron chi connectivity index (χ3n) is 3.67. The average molecular weight is 405 g/mol. The first-order valence-corrected chi connectivity index (χ1v) is 9.21. The smallest absolute Gasteiger partial charge is 0.255 e. The first-order chi connectivity index (χ1) is 13.5. The van der Waals surface area contributed by atoms with Gasteiger partial charge >= 0.3 is 0 Å². The second kappa shape index (κ2) is 11.0. The summed E-state index contributed by atoms with van der Waals surface area (Å²) in [6.07, 6.45) is -0.0646. The summed E-state index contributed by atoms with van der Waals surface area (Å²) in [6.45, 7) is 2.93. The molecule has 28 heavy (non-hydrogen) atoms. The number of carbonyl (C=O) groups excluding carboxylic acids is 1. The highest BCUT2D eigenvalue weighted by molar-refractivity contribution is 6.30. The number of halogens is 1. The number of benzene rings is 2. The van der Waals surface area contributed by atoms with E-state index in [1.165, 1.54) is 0 Å². The summed E-state index contributed by atoms with van der Waals surface area (Å²) >= 11 is 5.88. The van der Waals surface area contributed by atoms with Gasteiger partial charge in [0.25, 0.3) is 5.91 Å². The zero-order valence-electron chi connectivity index (χ0n) is 15.9. The Morgan fingerprint density at radius 1 is 1.18 bits per heavy atom. The van der Waals surface area contributed by atoms with Gasteiger partial charge in [-0.3, -0.25) is 9.79 Å². The number of carbonyl (C=O) groups is 1. The maximum atomic E-state index is 10.8. The Kier molecular flexibility index (Phi) is 8.42. The van der Waals surface area contributed by atoms with E-state index in [-0.39, 0.29) is 12.7 Å². The summed E-state index contributed by atoms with van der Waals surface area (Å²) in [6, 6.07) is 14.7. The van der Waals surface area contributed by atoms with Crippen LogP contribution in [0.15, 0.2) is 53.5 Å². The normalized spacial score (nSPS) is 12.2. The van der Waals surface area contributed by atoms with Crippen molar-refractivity contribution in [1.29, 1.82) is 0 Å². The van der Waals surface area contributed by atoms with Gasteiger partial charge in [0.1, 0.15) is 17.6 Å². The molecule has 150 valence electrons. The topological polar surface area (TPSA) is 98.0 Å². The van der Waals surface area contributed by atoms with Crippen LogP contribution >= 0.6 is 11.6 Å². The van der Waals surface area contributed by atoms with Crippen LogP contribution in [-0.2, 0) is 11.3 Å². The number of rotatable bonds is 9. The molecule has 2 rings (SSSR count). The molecule has 7 nitrogen and oxygen atoms in total. The van der Waals surface area contributed by atoms with Crippen molar-refractivity contribution in [2.45, 2.75) is 19.6 Å². The number of aliphatic imine (C=N–C) groups is 1. The predicted molar refractivity (Wildman–Crippen MR) is 111 cm³/mol. The van der Waals surface area contributed by atoms with Gasteiger partial charge in [0, 0.05) is 18.6 Å². The molecule has 0 aliphatic carbocycles. The lowest BCUT2D eigenvalue weighted by Crippen LogP contribution is -2.41. The van der Waals surface area contributed by atoms with E-state index in [1.54, 1.807) is 25.2 Å². The third kappa shape index (κ3) is 7.75. The molecule has 8 heteroatoms. The van der Waals surface area contributed by atoms with Crippen molar-refractivity contribution < 1.29 is 14.3 Å². The number of nitrogens with zero attached hydrogens (tertiary/aromatic N) is 1. The minimum atomic E-state index is -0.511. The number of guanidine groups is 1. The number of amides is 1. The molecule has 0 fully saturated rings. The van der Waals surface area contributed by atoms with Gasteiger partial charge in [-0.15, -0.1) is 0 Å². The van der Waals surface area contributed by atoms with Crippen LogP contribution in [0.2, 0.25) is 5.02 Å². The maximum absolute atomic E-state index is 10.8. The first-order valence-electron chi connectivity index (χ1n) is 8.83. The quantitative estimate of drug-likeness (QED) is 0.440. The second-order valence-corrected chi connectivity index (χ2v) is 6.53. The molecule has 0 saturated carbocycles. The van der Waals surface area contributed by atoms with E-state index in [9.17, 15) is 4.79 Å². The van der Waals surface area contributed by atoms with E-state index in [1.807, 2.05) is 37.3 Å². The summed E-state index contributed by atoms with van der Waals surface area (Å²) in [5.41, 5.74) is 6.07. The molecule has 1 unspecified atom stereocenters. The SMILES string of the molecule is CN=C(NCc1cccc(OCC(N)=O)c1)NCC(C)Oc1ccc(Cl)cc1. The summed E-state index contributed by atoms with van der Waals surface area (Å²) in [5, 5.41) is 7.12. The highest BCUT2D eigenvalue weighted by atomic mass is 35.5. The fourth-order valence-corrected chi connectivity index (χ4v) is 2.46. The van der Waals surface area contributed by atoms with E-state index in [2.05, 4.69) is 15.6 Å². The molecular weight excluding hydrogens is 380 g/mol. The van der Waals surface area contributed by atoms with Crippen LogP contribution in [0.3, 0.4) is 0 Å². The van der Waals surface area contributed by atoms with Gasteiger partial charge in [-0.05, 0) is 48.9 Å². The van der Waals surface area contributed by atoms with E-state index < -0.39 is 5.91 Å². The number of nitrogens with two attached hydrogens (primary N) is 1. The Morgan fingerprint density at radius 2 is 1.93 bits per heavy atom. The third-order valence-corrected chi connectivity index (χ3v) is 3.92. The number of primary amides is 1. The lowest BCUT2D eigenvalue weighted by atomic mass is 10.2. The Hall–Kier alpha value is -2.93. The van der Waals surface area contributed by atoms with Crippen LogP contribution < -0.4 is 25.8 Å². The summed E-state index contributed by atoms with van der Waals surface area (Å²) in [5.74, 6) is 1.48. The fraction of sp³-hybridized carbons (Fsp3) is 0.300. The van der Waals surface area contributed by atoms with E-state index >= 15 is 0 Å². The van der Waals surface area contributed by atoms with E-state index in [0.717, 1.165) is 11.3 Å². The van der Waals surface area contributed by atoms with E-state index in [4.69, 9.17) is 26.8 Å². The molecule has 2 aromatic carbocycles. The van der Waals surface area contributed by atoms with Gasteiger partial charge in [-0.25, -0.2) is 0 Å². The van der Waals surface area contributed by atoms with E-state index in [0.29, 0.717) is 29.8 Å². The van der Waals surface area contributed by atoms with Crippen molar-refractivity contribution in [3.8, 4) is 11.5 Å². The van der Waals surface area contributed by atoms with Gasteiger partial charge in [0.15, 0.2) is 12.6 Å². The van der Waals surface area contributed by atoms with Crippen molar-refractivity contribution in [2.75, 3.05) is 20.2 Å². The van der Waals surface area contributed by atoms with Crippen LogP contribution in [0, 0.1) is 0 Å². The average Bonchev–Trinajstić information content (AvgIpc) is 2.68. The molecule has 4 N–H and O–H groups in total. The Morgan fingerprint density at radius 3 is 2.61 bits per heavy atom. The molecule has 0 radical (unpaired) electrons. The minimum absolute atomic E-state index is 0.0646. The molecule has 0 spiro atoms. The molecule has 0 aliphatic heterocycles. The van der Waals surface area contributed by atoms with Crippen LogP contribution in [0.1, 0.15) is 12.5 Å². The molecule has 0 saturated heterocycles. The molecule has 0 bridgehead atoms. The van der Waals surface area contributed by atoms with Crippen molar-refractivity contribution in [2.24, 2.45) is 10.7 Å². The highest BCUT2D eigenvalue weighted by Gasteiger charge is 2.06. The Bertz CT molecular complexity index is 796. The van der Waals surface area contributed by atoms with Gasteiger partial charge in [0.05, 0.1) is 6.54 Å². The second-order valence-electron chi connectivity index (χ2n) is 6.09. The molecule has 0 heterocycles. The zero-order chi connectivity index (χ0) is 20.4. The van der Waals surface area contributed by atoms with Crippen molar-refractivity contribution >= 4 is 23.5 Å². The summed E-state index contributed by atoms with van der Waals surface area (Å²) < 4.78 is 11.1.